The molecule has 2 nitrogen and oxygen atoms in total. The zero-order chi connectivity index (χ0) is 19.2. The normalized spacial score (nSPS) is 19.6. The van der Waals surface area contributed by atoms with Crippen molar-refractivity contribution in [2.45, 2.75) is 83.7 Å². The molecular formula is C25H37NO. The number of benzene rings is 1. The fourth-order valence-corrected chi connectivity index (χ4v) is 3.42. The van der Waals surface area contributed by atoms with Gasteiger partial charge in [-0.3, -0.25) is 4.99 Å². The SMILES string of the molecule is CCCCCCCCC1(OCCCC)C=CC(N=Cc2ccccc2)=CC1. The van der Waals surface area contributed by atoms with Crippen molar-refractivity contribution in [3.05, 3.63) is 59.8 Å². The van der Waals surface area contributed by atoms with Gasteiger partial charge in [0.15, 0.2) is 0 Å². The monoisotopic (exact) mass is 367 g/mol. The average Bonchev–Trinajstić information content (AvgIpc) is 2.71. The third-order valence-corrected chi connectivity index (χ3v) is 5.22. The summed E-state index contributed by atoms with van der Waals surface area (Å²) in [5, 5.41) is 0. The lowest BCUT2D eigenvalue weighted by Crippen LogP contribution is -2.31. The summed E-state index contributed by atoms with van der Waals surface area (Å²) < 4.78 is 6.37. The fourth-order valence-electron chi connectivity index (χ4n) is 3.42. The van der Waals surface area contributed by atoms with Gasteiger partial charge in [-0.25, -0.2) is 0 Å². The highest BCUT2D eigenvalue weighted by molar-refractivity contribution is 5.80. The van der Waals surface area contributed by atoms with E-state index >= 15 is 0 Å². The first-order chi connectivity index (χ1) is 13.3. The first-order valence-electron chi connectivity index (χ1n) is 10.9. The van der Waals surface area contributed by atoms with Crippen molar-refractivity contribution in [1.29, 1.82) is 0 Å². The van der Waals surface area contributed by atoms with Gasteiger partial charge in [0.05, 0.1) is 11.3 Å². The summed E-state index contributed by atoms with van der Waals surface area (Å²) in [5.74, 6) is 0. The summed E-state index contributed by atoms with van der Waals surface area (Å²) in [6, 6.07) is 10.3. The molecule has 0 aliphatic heterocycles. The quantitative estimate of drug-likeness (QED) is 0.266. The van der Waals surface area contributed by atoms with Crippen LogP contribution in [0.3, 0.4) is 0 Å². The first-order valence-corrected chi connectivity index (χ1v) is 10.9. The molecule has 27 heavy (non-hydrogen) atoms. The van der Waals surface area contributed by atoms with Crippen LogP contribution in [0.5, 0.6) is 0 Å². The first kappa shape index (κ1) is 21.6. The van der Waals surface area contributed by atoms with Crippen molar-refractivity contribution >= 4 is 6.21 Å². The van der Waals surface area contributed by atoms with Gasteiger partial charge in [-0.05, 0) is 24.5 Å². The van der Waals surface area contributed by atoms with Gasteiger partial charge in [0.25, 0.3) is 0 Å². The maximum absolute atomic E-state index is 6.37. The van der Waals surface area contributed by atoms with Crippen molar-refractivity contribution in [2.75, 3.05) is 6.61 Å². The fraction of sp³-hybridized carbons (Fsp3) is 0.560. The summed E-state index contributed by atoms with van der Waals surface area (Å²) in [4.78, 5) is 4.64. The second-order valence-electron chi connectivity index (χ2n) is 7.62. The third-order valence-electron chi connectivity index (χ3n) is 5.22. The van der Waals surface area contributed by atoms with E-state index in [0.717, 1.165) is 37.1 Å². The number of hydrogen-bond donors (Lipinski definition) is 0. The minimum Gasteiger partial charge on any atom is -0.371 e. The van der Waals surface area contributed by atoms with Crippen LogP contribution in [0.25, 0.3) is 0 Å². The topological polar surface area (TPSA) is 21.6 Å². The van der Waals surface area contributed by atoms with Crippen molar-refractivity contribution < 1.29 is 4.74 Å². The number of hydrogen-bond acceptors (Lipinski definition) is 2. The summed E-state index contributed by atoms with van der Waals surface area (Å²) >= 11 is 0. The molecule has 0 saturated heterocycles. The highest BCUT2D eigenvalue weighted by atomic mass is 16.5. The van der Waals surface area contributed by atoms with Crippen molar-refractivity contribution in [3.63, 3.8) is 0 Å². The summed E-state index contributed by atoms with van der Waals surface area (Å²) in [6.45, 7) is 5.34. The highest BCUT2D eigenvalue weighted by Crippen LogP contribution is 2.31. The lowest BCUT2D eigenvalue weighted by Gasteiger charge is -2.32. The second-order valence-corrected chi connectivity index (χ2v) is 7.62. The number of unbranched alkanes of at least 4 members (excludes halogenated alkanes) is 6. The summed E-state index contributed by atoms with van der Waals surface area (Å²) in [7, 11) is 0. The van der Waals surface area contributed by atoms with Gasteiger partial charge < -0.3 is 4.74 Å². The van der Waals surface area contributed by atoms with Crippen LogP contribution in [0.1, 0.15) is 83.6 Å². The summed E-state index contributed by atoms with van der Waals surface area (Å²) in [6.07, 6.45) is 20.9. The molecule has 0 saturated carbocycles. The predicted molar refractivity (Wildman–Crippen MR) is 117 cm³/mol. The van der Waals surface area contributed by atoms with Gasteiger partial charge in [0.1, 0.15) is 0 Å². The Balaban J connectivity index is 1.88. The zero-order valence-electron chi connectivity index (χ0n) is 17.3. The largest absolute Gasteiger partial charge is 0.371 e. The Morgan fingerprint density at radius 1 is 0.963 bits per heavy atom. The number of ether oxygens (including phenoxy) is 1. The molecule has 2 rings (SSSR count). The van der Waals surface area contributed by atoms with Gasteiger partial charge in [-0.1, -0.05) is 101 Å². The van der Waals surface area contributed by atoms with E-state index in [1.165, 1.54) is 44.9 Å². The summed E-state index contributed by atoms with van der Waals surface area (Å²) in [5.41, 5.74) is 2.05. The number of nitrogens with zero attached hydrogens (tertiary/aromatic N) is 1. The van der Waals surface area contributed by atoms with E-state index in [2.05, 4.69) is 49.2 Å². The van der Waals surface area contributed by atoms with Gasteiger partial charge >= 0.3 is 0 Å². The molecule has 0 bridgehead atoms. The van der Waals surface area contributed by atoms with Crippen LogP contribution in [-0.4, -0.2) is 18.4 Å². The molecule has 1 unspecified atom stereocenters. The van der Waals surface area contributed by atoms with Crippen molar-refractivity contribution in [1.82, 2.24) is 0 Å². The molecular weight excluding hydrogens is 330 g/mol. The van der Waals surface area contributed by atoms with E-state index < -0.39 is 0 Å². The number of rotatable bonds is 13. The Labute approximate surface area is 166 Å². The van der Waals surface area contributed by atoms with Crippen LogP contribution in [0.2, 0.25) is 0 Å². The lowest BCUT2D eigenvalue weighted by molar-refractivity contribution is -0.0164. The van der Waals surface area contributed by atoms with E-state index in [1.54, 1.807) is 0 Å². The van der Waals surface area contributed by atoms with Gasteiger partial charge in [-0.2, -0.15) is 0 Å². The van der Waals surface area contributed by atoms with Crippen LogP contribution in [0.4, 0.5) is 0 Å². The molecule has 0 amide bonds. The van der Waals surface area contributed by atoms with Crippen LogP contribution in [0, 0.1) is 0 Å². The molecule has 0 N–H and O–H groups in total. The van der Waals surface area contributed by atoms with Gasteiger partial charge in [0, 0.05) is 19.2 Å². The molecule has 0 aromatic heterocycles. The van der Waals surface area contributed by atoms with E-state index in [0.29, 0.717) is 0 Å². The van der Waals surface area contributed by atoms with Crippen molar-refractivity contribution in [2.24, 2.45) is 4.99 Å². The molecule has 0 heterocycles. The number of allylic oxidation sites excluding steroid dienone is 1. The molecule has 0 spiro atoms. The van der Waals surface area contributed by atoms with Crippen molar-refractivity contribution in [3.8, 4) is 0 Å². The van der Waals surface area contributed by atoms with Crippen LogP contribution < -0.4 is 0 Å². The van der Waals surface area contributed by atoms with E-state index in [9.17, 15) is 0 Å². The molecule has 2 heteroatoms. The van der Waals surface area contributed by atoms with Crippen LogP contribution >= 0.6 is 0 Å². The van der Waals surface area contributed by atoms with Crippen LogP contribution in [-0.2, 0) is 4.74 Å². The molecule has 1 aliphatic carbocycles. The molecule has 1 atom stereocenters. The second kappa shape index (κ2) is 12.7. The zero-order valence-corrected chi connectivity index (χ0v) is 17.3. The molecule has 148 valence electrons. The molecule has 0 fully saturated rings. The maximum Gasteiger partial charge on any atom is 0.0901 e. The Morgan fingerprint density at radius 3 is 2.41 bits per heavy atom. The van der Waals surface area contributed by atoms with E-state index in [-0.39, 0.29) is 5.60 Å². The third kappa shape index (κ3) is 8.26. The van der Waals surface area contributed by atoms with E-state index in [4.69, 9.17) is 4.74 Å². The Kier molecular flexibility index (Phi) is 10.1. The minimum atomic E-state index is -0.119. The number of aliphatic imine (C=N–C) groups is 1. The van der Waals surface area contributed by atoms with Crippen LogP contribution in [0.15, 0.2) is 59.2 Å². The smallest absolute Gasteiger partial charge is 0.0901 e. The molecule has 0 radical (unpaired) electrons. The maximum atomic E-state index is 6.37. The standard InChI is InChI=1S/C25H37NO/c1-3-5-7-8-9-13-18-25(27-21-6-4-2)19-16-24(17-20-25)26-22-23-14-11-10-12-15-23/h10-12,14-17,19,22H,3-9,13,18,20-21H2,1-2H3. The Morgan fingerprint density at radius 2 is 1.70 bits per heavy atom. The van der Waals surface area contributed by atoms with Gasteiger partial charge in [-0.15, -0.1) is 0 Å². The molecule has 1 aliphatic rings. The van der Waals surface area contributed by atoms with E-state index in [1.807, 2.05) is 24.4 Å². The molecule has 1 aromatic carbocycles. The minimum absolute atomic E-state index is 0.119. The lowest BCUT2D eigenvalue weighted by atomic mass is 9.88. The van der Waals surface area contributed by atoms with Gasteiger partial charge in [0.2, 0.25) is 0 Å². The Bertz CT molecular complexity index is 602. The highest BCUT2D eigenvalue weighted by Gasteiger charge is 2.28. The molecule has 1 aromatic rings. The Hall–Kier alpha value is -1.67. The predicted octanol–water partition coefficient (Wildman–Crippen LogP) is 7.26. The average molecular weight is 368 g/mol.